The largest absolute Gasteiger partial charge is 0.369 e. The first-order valence-corrected chi connectivity index (χ1v) is 13.0. The van der Waals surface area contributed by atoms with Gasteiger partial charge in [-0.25, -0.2) is 13.8 Å². The average molecular weight is 529 g/mol. The number of hydrogen-bond acceptors (Lipinski definition) is 5. The van der Waals surface area contributed by atoms with Crippen LogP contribution >= 0.6 is 22.9 Å². The third kappa shape index (κ3) is 5.39. The second-order valence-electron chi connectivity index (χ2n) is 8.88. The Kier molecular flexibility index (Phi) is 7.94. The van der Waals surface area contributed by atoms with E-state index in [1.807, 2.05) is 24.0 Å². The topological polar surface area (TPSA) is 48.5 Å². The number of nitrogens with zero attached hydrogens (tertiary/aromatic N) is 3. The molecule has 0 spiro atoms. The smallest absolute Gasteiger partial charge is 0.263 e. The number of carbonyl (C=O) groups excluding carboxylic acids is 1. The maximum absolute atomic E-state index is 14.9. The predicted molar refractivity (Wildman–Crippen MR) is 142 cm³/mol. The van der Waals surface area contributed by atoms with Gasteiger partial charge in [0.2, 0.25) is 0 Å². The molecule has 1 atom stereocenters. The fourth-order valence-corrected chi connectivity index (χ4v) is 5.25. The quantitative estimate of drug-likeness (QED) is 0.394. The van der Waals surface area contributed by atoms with Crippen molar-refractivity contribution < 1.29 is 13.6 Å². The van der Waals surface area contributed by atoms with E-state index in [0.717, 1.165) is 43.0 Å². The van der Waals surface area contributed by atoms with Crippen LogP contribution in [-0.4, -0.2) is 48.5 Å². The first-order valence-electron chi connectivity index (χ1n) is 11.7. The number of hydrogen-bond donors (Lipinski definition) is 1. The molecule has 1 fully saturated rings. The van der Waals surface area contributed by atoms with Gasteiger partial charge in [-0.2, -0.15) is 0 Å². The van der Waals surface area contributed by atoms with Gasteiger partial charge >= 0.3 is 0 Å². The Bertz CT molecular complexity index is 1260. The molecule has 4 rings (SSSR count). The van der Waals surface area contributed by atoms with Gasteiger partial charge in [0.1, 0.15) is 17.2 Å². The number of amides is 1. The molecule has 1 unspecified atom stereocenters. The van der Waals surface area contributed by atoms with Gasteiger partial charge in [-0.3, -0.25) is 15.0 Å². The van der Waals surface area contributed by atoms with Crippen LogP contribution in [0, 0.1) is 24.0 Å². The van der Waals surface area contributed by atoms with Crippen LogP contribution in [0.4, 0.5) is 19.6 Å². The van der Waals surface area contributed by atoms with E-state index < -0.39 is 28.5 Å². The summed E-state index contributed by atoms with van der Waals surface area (Å²) < 4.78 is 29.9. The summed E-state index contributed by atoms with van der Waals surface area (Å²) in [6.07, 6.45) is 6.90. The number of benzene rings is 2. The molecular weight excluding hydrogens is 502 g/mol. The Morgan fingerprint density at radius 1 is 1.19 bits per heavy atom. The van der Waals surface area contributed by atoms with Crippen molar-refractivity contribution in [1.82, 2.24) is 9.88 Å². The summed E-state index contributed by atoms with van der Waals surface area (Å²) in [4.78, 5) is 21.5. The van der Waals surface area contributed by atoms with Gasteiger partial charge in [-0.15, -0.1) is 17.8 Å². The summed E-state index contributed by atoms with van der Waals surface area (Å²) in [5.74, 6) is 0.0270. The van der Waals surface area contributed by atoms with E-state index in [1.54, 1.807) is 17.5 Å². The number of aromatic nitrogens is 1. The average Bonchev–Trinajstić information content (AvgIpc) is 3.33. The van der Waals surface area contributed by atoms with E-state index in [2.05, 4.69) is 28.0 Å². The van der Waals surface area contributed by atoms with Gasteiger partial charge in [-0.1, -0.05) is 36.6 Å². The number of rotatable bonds is 7. The molecule has 1 aliphatic heterocycles. The molecular formula is C27H27ClF2N4OS. The van der Waals surface area contributed by atoms with E-state index in [1.165, 1.54) is 12.1 Å². The molecule has 0 bridgehead atoms. The standard InChI is InChI=1S/C27H27ClF2N4OS/c1-4-10-33-11-13-34(14-12-33)20-15-21(29)24(22(30)16-20)25(35)32-26-31-23(17-36-26)27(3,5-2)18-6-8-19(28)9-7-18/h2,6-9,15-17H,4,10-14H2,1,3H3,(H,31,32,35). The molecule has 1 aliphatic rings. The first kappa shape index (κ1) is 26.1. The van der Waals surface area contributed by atoms with E-state index in [9.17, 15) is 13.6 Å². The molecule has 188 valence electrons. The Morgan fingerprint density at radius 2 is 1.83 bits per heavy atom. The number of terminal acetylenes is 1. The highest BCUT2D eigenvalue weighted by molar-refractivity contribution is 7.14. The van der Waals surface area contributed by atoms with Gasteiger partial charge in [0, 0.05) is 42.3 Å². The molecule has 5 nitrogen and oxygen atoms in total. The summed E-state index contributed by atoms with van der Waals surface area (Å²) >= 11 is 7.12. The second-order valence-corrected chi connectivity index (χ2v) is 10.2. The van der Waals surface area contributed by atoms with Crippen LogP contribution in [0.2, 0.25) is 5.02 Å². The van der Waals surface area contributed by atoms with Crippen LogP contribution in [0.3, 0.4) is 0 Å². The lowest BCUT2D eigenvalue weighted by Crippen LogP contribution is -2.46. The first-order chi connectivity index (χ1) is 17.2. The highest BCUT2D eigenvalue weighted by Crippen LogP contribution is 2.34. The number of nitrogens with one attached hydrogen (secondary N) is 1. The van der Waals surface area contributed by atoms with Crippen molar-refractivity contribution in [3.8, 4) is 12.3 Å². The normalized spacial score (nSPS) is 15.8. The Balaban J connectivity index is 1.49. The Hall–Kier alpha value is -2.99. The van der Waals surface area contributed by atoms with Crippen molar-refractivity contribution in [2.24, 2.45) is 0 Å². The lowest BCUT2D eigenvalue weighted by Gasteiger charge is -2.36. The van der Waals surface area contributed by atoms with E-state index in [-0.39, 0.29) is 5.13 Å². The van der Waals surface area contributed by atoms with Crippen LogP contribution in [0.1, 0.15) is 41.9 Å². The highest BCUT2D eigenvalue weighted by atomic mass is 35.5. The summed E-state index contributed by atoms with van der Waals surface area (Å²) in [5.41, 5.74) is 0.259. The minimum atomic E-state index is -0.912. The van der Waals surface area contributed by atoms with Crippen LogP contribution in [0.15, 0.2) is 41.8 Å². The minimum absolute atomic E-state index is 0.195. The van der Waals surface area contributed by atoms with Crippen molar-refractivity contribution in [3.63, 3.8) is 0 Å². The maximum Gasteiger partial charge on any atom is 0.263 e. The van der Waals surface area contributed by atoms with Crippen molar-refractivity contribution in [2.45, 2.75) is 25.7 Å². The molecule has 0 saturated carbocycles. The molecule has 0 aliphatic carbocycles. The molecule has 2 aromatic carbocycles. The number of halogens is 3. The fourth-order valence-electron chi connectivity index (χ4n) is 4.31. The molecule has 3 aromatic rings. The van der Waals surface area contributed by atoms with Gasteiger partial charge in [0.05, 0.1) is 11.1 Å². The van der Waals surface area contributed by atoms with Gasteiger partial charge in [-0.05, 0) is 49.7 Å². The van der Waals surface area contributed by atoms with Crippen LogP contribution in [-0.2, 0) is 5.41 Å². The molecule has 1 saturated heterocycles. The summed E-state index contributed by atoms with van der Waals surface area (Å²) in [7, 11) is 0. The van der Waals surface area contributed by atoms with E-state index in [4.69, 9.17) is 18.0 Å². The maximum atomic E-state index is 14.9. The minimum Gasteiger partial charge on any atom is -0.369 e. The van der Waals surface area contributed by atoms with Crippen molar-refractivity contribution in [1.29, 1.82) is 0 Å². The second kappa shape index (κ2) is 11.0. The van der Waals surface area contributed by atoms with Crippen LogP contribution in [0.5, 0.6) is 0 Å². The van der Waals surface area contributed by atoms with E-state index >= 15 is 0 Å². The molecule has 9 heteroatoms. The highest BCUT2D eigenvalue weighted by Gasteiger charge is 2.30. The van der Waals surface area contributed by atoms with Crippen LogP contribution in [0.25, 0.3) is 0 Å². The van der Waals surface area contributed by atoms with Crippen molar-refractivity contribution in [3.05, 3.63) is 75.3 Å². The Morgan fingerprint density at radius 3 is 2.42 bits per heavy atom. The molecule has 1 amide bonds. The number of anilines is 2. The zero-order valence-corrected chi connectivity index (χ0v) is 21.7. The van der Waals surface area contributed by atoms with Gasteiger partial charge < -0.3 is 4.90 Å². The van der Waals surface area contributed by atoms with E-state index in [0.29, 0.717) is 29.5 Å². The third-order valence-corrected chi connectivity index (χ3v) is 7.49. The van der Waals surface area contributed by atoms with Gasteiger partial charge in [0.15, 0.2) is 5.13 Å². The number of piperazine rings is 1. The summed E-state index contributed by atoms with van der Waals surface area (Å²) in [6, 6.07) is 9.54. The lowest BCUT2D eigenvalue weighted by atomic mass is 9.81. The zero-order chi connectivity index (χ0) is 25.9. The lowest BCUT2D eigenvalue weighted by molar-refractivity contribution is 0.101. The number of thiazole rings is 1. The molecule has 1 aromatic heterocycles. The Labute approximate surface area is 219 Å². The SMILES string of the molecule is C#CC(C)(c1ccc(Cl)cc1)c1csc(NC(=O)c2c(F)cc(N3CCN(CCC)CC3)cc2F)n1. The predicted octanol–water partition coefficient (Wildman–Crippen LogP) is 5.80. The summed E-state index contributed by atoms with van der Waals surface area (Å²) in [6.45, 7) is 7.98. The van der Waals surface area contributed by atoms with Crippen molar-refractivity contribution in [2.75, 3.05) is 42.9 Å². The molecule has 0 radical (unpaired) electrons. The third-order valence-electron chi connectivity index (χ3n) is 6.48. The molecule has 2 heterocycles. The van der Waals surface area contributed by atoms with Crippen molar-refractivity contribution >= 4 is 39.7 Å². The zero-order valence-electron chi connectivity index (χ0n) is 20.2. The molecule has 36 heavy (non-hydrogen) atoms. The summed E-state index contributed by atoms with van der Waals surface area (Å²) in [5, 5.41) is 5.01. The molecule has 1 N–H and O–H groups in total. The fraction of sp³-hybridized carbons (Fsp3) is 0.333. The monoisotopic (exact) mass is 528 g/mol. The van der Waals surface area contributed by atoms with Gasteiger partial charge in [0.25, 0.3) is 5.91 Å². The number of carbonyl (C=O) groups is 1. The van der Waals surface area contributed by atoms with Crippen LogP contribution < -0.4 is 10.2 Å².